The van der Waals surface area contributed by atoms with E-state index in [-0.39, 0.29) is 35.4 Å². The van der Waals surface area contributed by atoms with Crippen molar-refractivity contribution in [2.75, 3.05) is 6.54 Å². The number of guanidine groups is 1. The number of halogens is 1. The highest BCUT2D eigenvalue weighted by atomic mass is 127. The van der Waals surface area contributed by atoms with Gasteiger partial charge in [0.2, 0.25) is 5.89 Å². The molecular formula is C19H30IN5O. The van der Waals surface area contributed by atoms with Crippen LogP contribution >= 0.6 is 24.0 Å². The second-order valence-corrected chi connectivity index (χ2v) is 7.18. The van der Waals surface area contributed by atoms with Crippen LogP contribution in [0.3, 0.4) is 0 Å². The monoisotopic (exact) mass is 471 g/mol. The Morgan fingerprint density at radius 2 is 1.96 bits per heavy atom. The second kappa shape index (κ2) is 9.89. The van der Waals surface area contributed by atoms with E-state index in [1.807, 2.05) is 33.8 Å². The molecule has 0 aliphatic carbocycles. The van der Waals surface area contributed by atoms with Crippen LogP contribution in [0.4, 0.5) is 0 Å². The van der Waals surface area contributed by atoms with Crippen molar-refractivity contribution in [2.24, 2.45) is 4.99 Å². The summed E-state index contributed by atoms with van der Waals surface area (Å²) >= 11 is 0. The zero-order chi connectivity index (χ0) is 18.4. The van der Waals surface area contributed by atoms with Gasteiger partial charge in [0.15, 0.2) is 11.8 Å². The third-order valence-electron chi connectivity index (χ3n) is 3.84. The van der Waals surface area contributed by atoms with Crippen molar-refractivity contribution in [1.82, 2.24) is 20.8 Å². The SMILES string of the molecule is CCNC(=NCc1noc(C(C)(C)C)n1)NC(C)c1ccccc1C.I. The average molecular weight is 471 g/mol. The summed E-state index contributed by atoms with van der Waals surface area (Å²) in [6.45, 7) is 13.6. The fourth-order valence-electron chi connectivity index (χ4n) is 2.45. The van der Waals surface area contributed by atoms with Gasteiger partial charge in [-0.25, -0.2) is 4.99 Å². The van der Waals surface area contributed by atoms with E-state index in [0.717, 1.165) is 12.5 Å². The molecule has 7 heteroatoms. The molecule has 0 aliphatic rings. The zero-order valence-electron chi connectivity index (χ0n) is 16.5. The van der Waals surface area contributed by atoms with Gasteiger partial charge in [0.25, 0.3) is 0 Å². The summed E-state index contributed by atoms with van der Waals surface area (Å²) in [5.41, 5.74) is 2.35. The van der Waals surface area contributed by atoms with Gasteiger partial charge in [0.1, 0.15) is 6.54 Å². The Kier molecular flexibility index (Phi) is 8.52. The predicted molar refractivity (Wildman–Crippen MR) is 116 cm³/mol. The lowest BCUT2D eigenvalue weighted by Gasteiger charge is -2.19. The number of aryl methyl sites for hydroxylation is 1. The minimum Gasteiger partial charge on any atom is -0.357 e. The minimum absolute atomic E-state index is 0. The van der Waals surface area contributed by atoms with Crippen LogP contribution in [0.15, 0.2) is 33.8 Å². The molecule has 0 bridgehead atoms. The highest BCUT2D eigenvalue weighted by Crippen LogP contribution is 2.20. The van der Waals surface area contributed by atoms with Crippen LogP contribution in [-0.4, -0.2) is 22.6 Å². The Balaban J connectivity index is 0.00000338. The Hall–Kier alpha value is -1.64. The lowest BCUT2D eigenvalue weighted by molar-refractivity contribution is 0.318. The number of aromatic nitrogens is 2. The predicted octanol–water partition coefficient (Wildman–Crippen LogP) is 4.11. The highest BCUT2D eigenvalue weighted by Gasteiger charge is 2.21. The third-order valence-corrected chi connectivity index (χ3v) is 3.84. The molecule has 2 rings (SSSR count). The molecule has 2 aromatic rings. The molecule has 0 saturated carbocycles. The molecule has 0 spiro atoms. The average Bonchev–Trinajstić information content (AvgIpc) is 3.02. The molecule has 1 aromatic heterocycles. The fraction of sp³-hybridized carbons (Fsp3) is 0.526. The molecule has 0 amide bonds. The molecule has 26 heavy (non-hydrogen) atoms. The topological polar surface area (TPSA) is 75.3 Å². The van der Waals surface area contributed by atoms with Gasteiger partial charge in [-0.3, -0.25) is 0 Å². The number of benzene rings is 1. The summed E-state index contributed by atoms with van der Waals surface area (Å²) in [7, 11) is 0. The van der Waals surface area contributed by atoms with Gasteiger partial charge < -0.3 is 15.2 Å². The van der Waals surface area contributed by atoms with E-state index in [4.69, 9.17) is 4.52 Å². The van der Waals surface area contributed by atoms with Crippen LogP contribution in [0.5, 0.6) is 0 Å². The summed E-state index contributed by atoms with van der Waals surface area (Å²) in [4.78, 5) is 9.01. The van der Waals surface area contributed by atoms with Gasteiger partial charge in [-0.2, -0.15) is 4.98 Å². The Morgan fingerprint density at radius 1 is 1.27 bits per heavy atom. The smallest absolute Gasteiger partial charge is 0.232 e. The van der Waals surface area contributed by atoms with Gasteiger partial charge in [-0.1, -0.05) is 50.2 Å². The molecular weight excluding hydrogens is 441 g/mol. The molecule has 1 aromatic carbocycles. The minimum atomic E-state index is -0.156. The lowest BCUT2D eigenvalue weighted by Crippen LogP contribution is -2.38. The lowest BCUT2D eigenvalue weighted by atomic mass is 9.97. The summed E-state index contributed by atoms with van der Waals surface area (Å²) in [6, 6.07) is 8.50. The first-order valence-electron chi connectivity index (χ1n) is 8.74. The number of nitrogens with one attached hydrogen (secondary N) is 2. The van der Waals surface area contributed by atoms with E-state index in [2.05, 4.69) is 57.8 Å². The maximum absolute atomic E-state index is 5.32. The number of hydrogen-bond acceptors (Lipinski definition) is 4. The van der Waals surface area contributed by atoms with Gasteiger partial charge in [0.05, 0.1) is 6.04 Å². The van der Waals surface area contributed by atoms with Gasteiger partial charge in [-0.15, -0.1) is 24.0 Å². The number of nitrogens with zero attached hydrogens (tertiary/aromatic N) is 3. The van der Waals surface area contributed by atoms with Crippen LogP contribution < -0.4 is 10.6 Å². The molecule has 0 fully saturated rings. The van der Waals surface area contributed by atoms with Crippen molar-refractivity contribution in [3.05, 3.63) is 47.1 Å². The molecule has 6 nitrogen and oxygen atoms in total. The summed E-state index contributed by atoms with van der Waals surface area (Å²) in [6.07, 6.45) is 0. The summed E-state index contributed by atoms with van der Waals surface area (Å²) in [5, 5.41) is 10.7. The maximum Gasteiger partial charge on any atom is 0.232 e. The van der Waals surface area contributed by atoms with E-state index >= 15 is 0 Å². The van der Waals surface area contributed by atoms with Crippen LogP contribution in [-0.2, 0) is 12.0 Å². The number of aliphatic imine (C=N–C) groups is 1. The largest absolute Gasteiger partial charge is 0.357 e. The highest BCUT2D eigenvalue weighted by molar-refractivity contribution is 14.0. The van der Waals surface area contributed by atoms with Crippen molar-refractivity contribution in [3.63, 3.8) is 0 Å². The van der Waals surface area contributed by atoms with E-state index in [0.29, 0.717) is 18.3 Å². The number of rotatable bonds is 5. The molecule has 0 aliphatic heterocycles. The van der Waals surface area contributed by atoms with E-state index < -0.39 is 0 Å². The van der Waals surface area contributed by atoms with Crippen LogP contribution in [0.25, 0.3) is 0 Å². The molecule has 144 valence electrons. The standard InChI is InChI=1S/C19H29N5O.HI/c1-7-20-18(22-14(3)15-11-9-8-10-13(15)2)21-12-16-23-17(25-24-16)19(4,5)6;/h8-11,14H,7,12H2,1-6H3,(H2,20,21,22);1H. The second-order valence-electron chi connectivity index (χ2n) is 7.18. The quantitative estimate of drug-likeness (QED) is 0.390. The van der Waals surface area contributed by atoms with Crippen molar-refractivity contribution >= 4 is 29.9 Å². The molecule has 1 unspecified atom stereocenters. The van der Waals surface area contributed by atoms with Crippen molar-refractivity contribution in [3.8, 4) is 0 Å². The zero-order valence-corrected chi connectivity index (χ0v) is 18.8. The van der Waals surface area contributed by atoms with Crippen molar-refractivity contribution in [2.45, 2.75) is 59.5 Å². The van der Waals surface area contributed by atoms with Crippen molar-refractivity contribution < 1.29 is 4.52 Å². The first-order chi connectivity index (χ1) is 11.8. The van der Waals surface area contributed by atoms with E-state index in [1.165, 1.54) is 11.1 Å². The normalized spacial score (nSPS) is 13.1. The van der Waals surface area contributed by atoms with Gasteiger partial charge in [-0.05, 0) is 31.9 Å². The fourth-order valence-corrected chi connectivity index (χ4v) is 2.45. The Morgan fingerprint density at radius 3 is 2.54 bits per heavy atom. The summed E-state index contributed by atoms with van der Waals surface area (Å²) < 4.78 is 5.32. The molecule has 0 radical (unpaired) electrons. The van der Waals surface area contributed by atoms with Gasteiger partial charge >= 0.3 is 0 Å². The van der Waals surface area contributed by atoms with Crippen LogP contribution in [0, 0.1) is 6.92 Å². The van der Waals surface area contributed by atoms with E-state index in [9.17, 15) is 0 Å². The number of hydrogen-bond donors (Lipinski definition) is 2. The van der Waals surface area contributed by atoms with Crippen LogP contribution in [0.1, 0.15) is 63.5 Å². The van der Waals surface area contributed by atoms with Crippen LogP contribution in [0.2, 0.25) is 0 Å². The third kappa shape index (κ3) is 6.26. The maximum atomic E-state index is 5.32. The molecule has 1 heterocycles. The first-order valence-corrected chi connectivity index (χ1v) is 8.74. The Labute approximate surface area is 173 Å². The molecule has 1 atom stereocenters. The molecule has 2 N–H and O–H groups in total. The van der Waals surface area contributed by atoms with Crippen molar-refractivity contribution in [1.29, 1.82) is 0 Å². The Bertz CT molecular complexity index is 721. The molecule has 0 saturated heterocycles. The van der Waals surface area contributed by atoms with Gasteiger partial charge in [0, 0.05) is 12.0 Å². The summed E-state index contributed by atoms with van der Waals surface area (Å²) in [5.74, 6) is 1.95. The first kappa shape index (κ1) is 22.4. The van der Waals surface area contributed by atoms with E-state index in [1.54, 1.807) is 0 Å².